The van der Waals surface area contributed by atoms with Crippen LogP contribution in [0.3, 0.4) is 0 Å². The van der Waals surface area contributed by atoms with Crippen LogP contribution in [-0.4, -0.2) is 19.7 Å². The summed E-state index contributed by atoms with van der Waals surface area (Å²) in [5.41, 5.74) is 8.47. The molecule has 0 saturated carbocycles. The fraction of sp³-hybridized carbons (Fsp3) is 0.0714. The SMILES string of the molecule is Cn1nc(-c2ccncc2F)c(-c2ccncc2)c1N. The summed E-state index contributed by atoms with van der Waals surface area (Å²) in [5.74, 6) is 0.0447. The van der Waals surface area contributed by atoms with Crippen molar-refractivity contribution in [3.63, 3.8) is 0 Å². The standard InChI is InChI=1S/C14H12FN5/c1-20-14(16)12(9-2-5-17-6-3-9)13(19-20)10-4-7-18-8-11(10)15/h2-8H,16H2,1H3. The lowest BCUT2D eigenvalue weighted by Gasteiger charge is -2.04. The molecule has 3 heterocycles. The number of aromatic nitrogens is 4. The van der Waals surface area contributed by atoms with Crippen LogP contribution in [0.2, 0.25) is 0 Å². The summed E-state index contributed by atoms with van der Waals surface area (Å²) in [6, 6.07) is 5.22. The molecule has 0 bridgehead atoms. The van der Waals surface area contributed by atoms with Gasteiger partial charge in [-0.05, 0) is 23.8 Å². The van der Waals surface area contributed by atoms with Gasteiger partial charge in [0.1, 0.15) is 11.5 Å². The quantitative estimate of drug-likeness (QED) is 0.774. The summed E-state index contributed by atoms with van der Waals surface area (Å²) >= 11 is 0. The highest BCUT2D eigenvalue weighted by Crippen LogP contribution is 2.36. The van der Waals surface area contributed by atoms with Crippen LogP contribution in [0.15, 0.2) is 43.0 Å². The molecule has 0 aliphatic heterocycles. The van der Waals surface area contributed by atoms with Crippen LogP contribution >= 0.6 is 0 Å². The van der Waals surface area contributed by atoms with Gasteiger partial charge in [-0.2, -0.15) is 5.10 Å². The predicted molar refractivity (Wildman–Crippen MR) is 74.0 cm³/mol. The third-order valence-corrected chi connectivity index (χ3v) is 3.09. The monoisotopic (exact) mass is 269 g/mol. The molecule has 0 unspecified atom stereocenters. The first-order valence-corrected chi connectivity index (χ1v) is 6.01. The Balaban J connectivity index is 2.28. The molecule has 0 saturated heterocycles. The third kappa shape index (κ3) is 1.91. The fourth-order valence-corrected chi connectivity index (χ4v) is 2.10. The van der Waals surface area contributed by atoms with Crippen molar-refractivity contribution < 1.29 is 4.39 Å². The van der Waals surface area contributed by atoms with E-state index in [9.17, 15) is 4.39 Å². The Morgan fingerprint density at radius 3 is 2.50 bits per heavy atom. The van der Waals surface area contributed by atoms with Crippen LogP contribution in [0.1, 0.15) is 0 Å². The van der Waals surface area contributed by atoms with Gasteiger partial charge in [-0.15, -0.1) is 0 Å². The largest absolute Gasteiger partial charge is 0.383 e. The molecule has 3 aromatic heterocycles. The van der Waals surface area contributed by atoms with Crippen molar-refractivity contribution in [2.75, 3.05) is 5.73 Å². The topological polar surface area (TPSA) is 69.6 Å². The smallest absolute Gasteiger partial charge is 0.150 e. The van der Waals surface area contributed by atoms with Crippen molar-refractivity contribution in [3.8, 4) is 22.4 Å². The summed E-state index contributed by atoms with van der Waals surface area (Å²) < 4.78 is 15.5. The zero-order valence-corrected chi connectivity index (χ0v) is 10.8. The first-order valence-electron chi connectivity index (χ1n) is 6.01. The molecule has 0 aliphatic carbocycles. The molecule has 0 aromatic carbocycles. The average Bonchev–Trinajstić information content (AvgIpc) is 2.76. The Hall–Kier alpha value is -2.76. The Labute approximate surface area is 114 Å². The highest BCUT2D eigenvalue weighted by molar-refractivity contribution is 5.87. The van der Waals surface area contributed by atoms with Gasteiger partial charge in [-0.1, -0.05) is 0 Å². The number of halogens is 1. The van der Waals surface area contributed by atoms with Gasteiger partial charge < -0.3 is 5.73 Å². The van der Waals surface area contributed by atoms with Crippen molar-refractivity contribution in [2.24, 2.45) is 7.05 Å². The first kappa shape index (κ1) is 12.3. The molecule has 20 heavy (non-hydrogen) atoms. The van der Waals surface area contributed by atoms with Crippen LogP contribution in [0, 0.1) is 5.82 Å². The van der Waals surface area contributed by atoms with Crippen molar-refractivity contribution in [1.82, 2.24) is 19.7 Å². The van der Waals surface area contributed by atoms with Gasteiger partial charge in [0.2, 0.25) is 0 Å². The van der Waals surface area contributed by atoms with E-state index in [-0.39, 0.29) is 0 Å². The second-order valence-corrected chi connectivity index (χ2v) is 4.32. The van der Waals surface area contributed by atoms with Gasteiger partial charge in [0, 0.05) is 31.2 Å². The lowest BCUT2D eigenvalue weighted by atomic mass is 10.0. The molecule has 0 fully saturated rings. The predicted octanol–water partition coefficient (Wildman–Crippen LogP) is 2.27. The van der Waals surface area contributed by atoms with Crippen LogP contribution in [0.5, 0.6) is 0 Å². The molecule has 0 amide bonds. The Kier molecular flexibility index (Phi) is 2.90. The van der Waals surface area contributed by atoms with E-state index in [4.69, 9.17) is 5.73 Å². The molecule has 5 nitrogen and oxygen atoms in total. The molecule has 100 valence electrons. The minimum absolute atomic E-state index is 0.374. The first-order chi connectivity index (χ1) is 9.68. The molecule has 0 atom stereocenters. The minimum atomic E-state index is -0.430. The highest BCUT2D eigenvalue weighted by Gasteiger charge is 2.19. The zero-order valence-electron chi connectivity index (χ0n) is 10.8. The maximum atomic E-state index is 13.9. The van der Waals surface area contributed by atoms with E-state index < -0.39 is 5.82 Å². The number of hydrogen-bond acceptors (Lipinski definition) is 4. The summed E-state index contributed by atoms with van der Waals surface area (Å²) in [4.78, 5) is 7.73. The van der Waals surface area contributed by atoms with E-state index in [1.165, 1.54) is 10.9 Å². The number of nitrogens with two attached hydrogens (primary N) is 1. The van der Waals surface area contributed by atoms with Crippen LogP contribution in [-0.2, 0) is 7.05 Å². The Morgan fingerprint density at radius 1 is 1.10 bits per heavy atom. The molecule has 0 radical (unpaired) electrons. The van der Waals surface area contributed by atoms with E-state index in [0.717, 1.165) is 11.8 Å². The molecule has 3 aromatic rings. The van der Waals surface area contributed by atoms with E-state index in [2.05, 4.69) is 15.1 Å². The number of nitrogens with zero attached hydrogens (tertiary/aromatic N) is 4. The number of aryl methyl sites for hydroxylation is 1. The molecule has 0 aliphatic rings. The number of anilines is 1. The van der Waals surface area contributed by atoms with Crippen LogP contribution in [0.25, 0.3) is 22.4 Å². The van der Waals surface area contributed by atoms with Crippen molar-refractivity contribution in [1.29, 1.82) is 0 Å². The zero-order chi connectivity index (χ0) is 14.1. The number of rotatable bonds is 2. The maximum Gasteiger partial charge on any atom is 0.150 e. The lowest BCUT2D eigenvalue weighted by molar-refractivity contribution is 0.623. The summed E-state index contributed by atoms with van der Waals surface area (Å²) in [6.45, 7) is 0. The number of nitrogen functional groups attached to an aromatic ring is 1. The maximum absolute atomic E-state index is 13.9. The summed E-state index contributed by atoms with van der Waals surface area (Å²) in [6.07, 6.45) is 6.01. The lowest BCUT2D eigenvalue weighted by Crippen LogP contribution is -1.97. The van der Waals surface area contributed by atoms with Gasteiger partial charge in [0.05, 0.1) is 11.8 Å². The number of pyridine rings is 2. The molecular formula is C14H12FN5. The normalized spacial score (nSPS) is 10.7. The van der Waals surface area contributed by atoms with Gasteiger partial charge in [-0.3, -0.25) is 14.6 Å². The van der Waals surface area contributed by atoms with Crippen molar-refractivity contribution >= 4 is 5.82 Å². The Bertz CT molecular complexity index is 752. The highest BCUT2D eigenvalue weighted by atomic mass is 19.1. The van der Waals surface area contributed by atoms with E-state index in [1.54, 1.807) is 25.5 Å². The second kappa shape index (κ2) is 4.73. The van der Waals surface area contributed by atoms with Gasteiger partial charge >= 0.3 is 0 Å². The average molecular weight is 269 g/mol. The minimum Gasteiger partial charge on any atom is -0.383 e. The van der Waals surface area contributed by atoms with E-state index >= 15 is 0 Å². The van der Waals surface area contributed by atoms with E-state index in [1.807, 2.05) is 12.1 Å². The van der Waals surface area contributed by atoms with Gasteiger partial charge in [0.25, 0.3) is 0 Å². The van der Waals surface area contributed by atoms with Crippen LogP contribution in [0.4, 0.5) is 10.2 Å². The number of hydrogen-bond donors (Lipinski definition) is 1. The molecule has 0 spiro atoms. The van der Waals surface area contributed by atoms with Gasteiger partial charge in [0.15, 0.2) is 5.82 Å². The summed E-state index contributed by atoms with van der Waals surface area (Å²) in [5, 5.41) is 4.32. The van der Waals surface area contributed by atoms with Gasteiger partial charge in [-0.25, -0.2) is 4.39 Å². The second-order valence-electron chi connectivity index (χ2n) is 4.32. The molecular weight excluding hydrogens is 257 g/mol. The van der Waals surface area contributed by atoms with E-state index in [0.29, 0.717) is 22.6 Å². The van der Waals surface area contributed by atoms with Crippen molar-refractivity contribution in [2.45, 2.75) is 0 Å². The fourth-order valence-electron chi connectivity index (χ4n) is 2.10. The summed E-state index contributed by atoms with van der Waals surface area (Å²) in [7, 11) is 1.72. The van der Waals surface area contributed by atoms with Crippen molar-refractivity contribution in [3.05, 3.63) is 48.8 Å². The molecule has 2 N–H and O–H groups in total. The third-order valence-electron chi connectivity index (χ3n) is 3.09. The molecule has 3 rings (SSSR count). The Morgan fingerprint density at radius 2 is 1.80 bits per heavy atom. The molecule has 6 heteroatoms. The van der Waals surface area contributed by atoms with Crippen LogP contribution < -0.4 is 5.73 Å².